The van der Waals surface area contributed by atoms with Crippen LogP contribution in [0.3, 0.4) is 0 Å². The molecule has 5 heteroatoms. The molecular weight excluding hydrogens is 446 g/mol. The number of ether oxygens (including phenoxy) is 2. The van der Waals surface area contributed by atoms with Crippen LogP contribution >= 0.6 is 31.9 Å². The van der Waals surface area contributed by atoms with Crippen LogP contribution in [0.4, 0.5) is 0 Å². The van der Waals surface area contributed by atoms with Gasteiger partial charge in [0.25, 0.3) is 0 Å². The predicted molar refractivity (Wildman–Crippen MR) is 109 cm³/mol. The number of halogens is 2. The summed E-state index contributed by atoms with van der Waals surface area (Å²) in [5.41, 5.74) is 2.50. The molecule has 0 amide bonds. The average molecular weight is 467 g/mol. The van der Waals surface area contributed by atoms with Crippen LogP contribution in [0.1, 0.15) is 12.5 Å². The van der Waals surface area contributed by atoms with E-state index < -0.39 is 0 Å². The summed E-state index contributed by atoms with van der Waals surface area (Å²) in [6.45, 7) is 6.83. The predicted octanol–water partition coefficient (Wildman–Crippen LogP) is 5.74. The maximum absolute atomic E-state index is 5.94. The maximum atomic E-state index is 5.94. The van der Waals surface area contributed by atoms with Crippen LogP contribution in [-0.4, -0.2) is 37.7 Å². The largest absolute Gasteiger partial charge is 0.456 e. The molecule has 0 spiro atoms. The molecule has 1 saturated heterocycles. The molecular formula is C20H21Br2NO2. The Hall–Kier alpha value is -1.14. The molecule has 1 aliphatic heterocycles. The Labute approximate surface area is 165 Å². The van der Waals surface area contributed by atoms with Gasteiger partial charge in [-0.1, -0.05) is 34.1 Å². The van der Waals surface area contributed by atoms with E-state index in [2.05, 4.69) is 61.9 Å². The van der Waals surface area contributed by atoms with Crippen molar-refractivity contribution in [1.29, 1.82) is 0 Å². The van der Waals surface area contributed by atoms with E-state index in [1.807, 2.05) is 30.3 Å². The second-order valence-corrected chi connectivity index (χ2v) is 7.77. The Morgan fingerprint density at radius 1 is 1.12 bits per heavy atom. The van der Waals surface area contributed by atoms with Gasteiger partial charge in [0.1, 0.15) is 11.5 Å². The van der Waals surface area contributed by atoms with Crippen LogP contribution in [-0.2, 0) is 4.74 Å². The normalized spacial score (nSPS) is 16.0. The minimum absolute atomic E-state index is 0.801. The molecule has 0 saturated carbocycles. The third-order valence-corrected chi connectivity index (χ3v) is 5.30. The summed E-state index contributed by atoms with van der Waals surface area (Å²) < 4.78 is 13.3. The van der Waals surface area contributed by atoms with E-state index in [4.69, 9.17) is 9.47 Å². The number of rotatable bonds is 5. The smallest absolute Gasteiger partial charge is 0.141 e. The van der Waals surface area contributed by atoms with Crippen LogP contribution in [0, 0.1) is 0 Å². The van der Waals surface area contributed by atoms with Crippen LogP contribution in [0.2, 0.25) is 0 Å². The summed E-state index contributed by atoms with van der Waals surface area (Å²) in [6.07, 6.45) is 2.28. The number of benzene rings is 2. The number of hydrogen-bond acceptors (Lipinski definition) is 3. The minimum Gasteiger partial charge on any atom is -0.456 e. The fourth-order valence-corrected chi connectivity index (χ4v) is 3.77. The Balaban J connectivity index is 1.62. The fraction of sp³-hybridized carbons (Fsp3) is 0.300. The first kappa shape index (κ1) is 18.6. The van der Waals surface area contributed by atoms with Gasteiger partial charge in [0, 0.05) is 24.1 Å². The zero-order chi connectivity index (χ0) is 17.6. The van der Waals surface area contributed by atoms with Crippen molar-refractivity contribution in [2.45, 2.75) is 6.92 Å². The van der Waals surface area contributed by atoms with Gasteiger partial charge in [-0.2, -0.15) is 0 Å². The van der Waals surface area contributed by atoms with E-state index in [-0.39, 0.29) is 0 Å². The van der Waals surface area contributed by atoms with Crippen molar-refractivity contribution in [2.24, 2.45) is 0 Å². The van der Waals surface area contributed by atoms with Gasteiger partial charge in [-0.05, 0) is 64.3 Å². The van der Waals surface area contributed by atoms with E-state index in [0.717, 1.165) is 53.3 Å². The molecule has 0 aromatic heterocycles. The molecule has 1 heterocycles. The quantitative estimate of drug-likeness (QED) is 0.560. The van der Waals surface area contributed by atoms with Crippen molar-refractivity contribution in [1.82, 2.24) is 4.90 Å². The van der Waals surface area contributed by atoms with Crippen LogP contribution in [0.15, 0.2) is 57.5 Å². The van der Waals surface area contributed by atoms with Gasteiger partial charge in [0.05, 0.1) is 17.7 Å². The van der Waals surface area contributed by atoms with Crippen LogP contribution < -0.4 is 4.74 Å². The molecule has 0 atom stereocenters. The summed E-state index contributed by atoms with van der Waals surface area (Å²) in [7, 11) is 0. The molecule has 0 bridgehead atoms. The zero-order valence-electron chi connectivity index (χ0n) is 14.2. The molecule has 132 valence electrons. The summed E-state index contributed by atoms with van der Waals surface area (Å²) >= 11 is 6.97. The topological polar surface area (TPSA) is 21.7 Å². The third kappa shape index (κ3) is 5.42. The van der Waals surface area contributed by atoms with Gasteiger partial charge in [0.15, 0.2) is 0 Å². The molecule has 25 heavy (non-hydrogen) atoms. The highest BCUT2D eigenvalue weighted by atomic mass is 79.9. The number of allylic oxidation sites excluding steroid dienone is 1. The van der Waals surface area contributed by atoms with Crippen molar-refractivity contribution < 1.29 is 9.47 Å². The standard InChI is InChI=1S/C20H21Br2NO2/c1-15(8-9-23-10-12-24-13-11-23)16-2-5-18(6-3-16)25-20-7-4-17(21)14-19(20)22/h2-8,14H,9-13H2,1H3/b15-8-. The molecule has 0 N–H and O–H groups in total. The van der Waals surface area contributed by atoms with E-state index in [1.165, 1.54) is 11.1 Å². The molecule has 0 aliphatic carbocycles. The summed E-state index contributed by atoms with van der Waals surface area (Å²) in [5.74, 6) is 1.63. The zero-order valence-corrected chi connectivity index (χ0v) is 17.3. The summed E-state index contributed by atoms with van der Waals surface area (Å²) in [4.78, 5) is 2.41. The average Bonchev–Trinajstić information content (AvgIpc) is 2.63. The van der Waals surface area contributed by atoms with Gasteiger partial charge in [-0.25, -0.2) is 0 Å². The first-order valence-electron chi connectivity index (χ1n) is 8.32. The highest BCUT2D eigenvalue weighted by Crippen LogP contribution is 2.32. The summed E-state index contributed by atoms with van der Waals surface area (Å²) in [5, 5.41) is 0. The maximum Gasteiger partial charge on any atom is 0.141 e. The molecule has 2 aromatic carbocycles. The Kier molecular flexibility index (Phi) is 6.70. The Morgan fingerprint density at radius 3 is 2.52 bits per heavy atom. The SMILES string of the molecule is C/C(=C/CN1CCOCC1)c1ccc(Oc2ccc(Br)cc2Br)cc1. The molecule has 0 radical (unpaired) electrons. The van der Waals surface area contributed by atoms with Crippen molar-refractivity contribution in [3.63, 3.8) is 0 Å². The highest BCUT2D eigenvalue weighted by molar-refractivity contribution is 9.11. The van der Waals surface area contributed by atoms with E-state index in [1.54, 1.807) is 0 Å². The van der Waals surface area contributed by atoms with Gasteiger partial charge >= 0.3 is 0 Å². The monoisotopic (exact) mass is 465 g/mol. The molecule has 3 nitrogen and oxygen atoms in total. The van der Waals surface area contributed by atoms with E-state index in [9.17, 15) is 0 Å². The second-order valence-electron chi connectivity index (χ2n) is 6.00. The van der Waals surface area contributed by atoms with Crippen molar-refractivity contribution >= 4 is 37.4 Å². The lowest BCUT2D eigenvalue weighted by Gasteiger charge is -2.25. The molecule has 1 aliphatic rings. The summed E-state index contributed by atoms with van der Waals surface area (Å²) in [6, 6.07) is 14.1. The first-order valence-corrected chi connectivity index (χ1v) is 9.90. The Bertz CT molecular complexity index is 738. The van der Waals surface area contributed by atoms with Gasteiger partial charge in [-0.3, -0.25) is 4.90 Å². The Morgan fingerprint density at radius 2 is 1.84 bits per heavy atom. The molecule has 1 fully saturated rings. The first-order chi connectivity index (χ1) is 12.1. The van der Waals surface area contributed by atoms with Crippen molar-refractivity contribution in [3.05, 3.63) is 63.0 Å². The molecule has 3 rings (SSSR count). The number of nitrogens with zero attached hydrogens (tertiary/aromatic N) is 1. The lowest BCUT2D eigenvalue weighted by Crippen LogP contribution is -2.36. The third-order valence-electron chi connectivity index (χ3n) is 4.19. The lowest BCUT2D eigenvalue weighted by atomic mass is 10.1. The van der Waals surface area contributed by atoms with Gasteiger partial charge in [0.2, 0.25) is 0 Å². The van der Waals surface area contributed by atoms with E-state index in [0.29, 0.717) is 0 Å². The van der Waals surface area contributed by atoms with E-state index >= 15 is 0 Å². The molecule has 0 unspecified atom stereocenters. The number of hydrogen-bond donors (Lipinski definition) is 0. The lowest BCUT2D eigenvalue weighted by molar-refractivity contribution is 0.0435. The van der Waals surface area contributed by atoms with Crippen LogP contribution in [0.5, 0.6) is 11.5 Å². The van der Waals surface area contributed by atoms with Gasteiger partial charge < -0.3 is 9.47 Å². The fourth-order valence-electron chi connectivity index (χ4n) is 2.64. The second kappa shape index (κ2) is 8.99. The van der Waals surface area contributed by atoms with Crippen LogP contribution in [0.25, 0.3) is 5.57 Å². The van der Waals surface area contributed by atoms with Crippen molar-refractivity contribution in [3.8, 4) is 11.5 Å². The highest BCUT2D eigenvalue weighted by Gasteiger charge is 2.09. The number of morpholine rings is 1. The minimum atomic E-state index is 0.801. The van der Waals surface area contributed by atoms with Gasteiger partial charge in [-0.15, -0.1) is 0 Å². The van der Waals surface area contributed by atoms with Crippen molar-refractivity contribution in [2.75, 3.05) is 32.8 Å². The molecule has 2 aromatic rings.